The number of rotatable bonds is 5. The highest BCUT2D eigenvalue weighted by Crippen LogP contribution is 2.35. The van der Waals surface area contributed by atoms with E-state index in [0.717, 1.165) is 12.1 Å². The summed E-state index contributed by atoms with van der Waals surface area (Å²) in [5.41, 5.74) is -0.0815. The number of aryl methyl sites for hydroxylation is 1. The molecular formula is C24H16F6N6OS. The predicted molar refractivity (Wildman–Crippen MR) is 130 cm³/mol. The second kappa shape index (κ2) is 9.28. The molecule has 0 fully saturated rings. The van der Waals surface area contributed by atoms with Crippen LogP contribution in [0.15, 0.2) is 65.8 Å². The molecule has 196 valence electrons. The fraction of sp³-hybridized carbons (Fsp3) is 0.125. The molecule has 0 amide bonds. The van der Waals surface area contributed by atoms with Crippen LogP contribution in [0.25, 0.3) is 22.6 Å². The third-order valence-corrected chi connectivity index (χ3v) is 5.88. The number of anilines is 2. The Hall–Kier alpha value is -4.20. The number of hydrogen-bond donors (Lipinski definition) is 3. The van der Waals surface area contributed by atoms with Crippen LogP contribution in [0.5, 0.6) is 11.5 Å². The van der Waals surface area contributed by atoms with E-state index in [9.17, 15) is 26.3 Å². The first-order chi connectivity index (χ1) is 17.9. The van der Waals surface area contributed by atoms with Crippen molar-refractivity contribution in [1.29, 1.82) is 0 Å². The lowest BCUT2D eigenvalue weighted by Crippen LogP contribution is -2.06. The molecule has 0 unspecified atom stereocenters. The maximum atomic E-state index is 12.9. The summed E-state index contributed by atoms with van der Waals surface area (Å²) < 4.78 is 85.0. The molecule has 0 aliphatic heterocycles. The van der Waals surface area contributed by atoms with Crippen molar-refractivity contribution in [2.45, 2.75) is 17.2 Å². The Morgan fingerprint density at radius 2 is 1.68 bits per heavy atom. The Morgan fingerprint density at radius 1 is 0.921 bits per heavy atom. The molecule has 0 aliphatic carbocycles. The molecule has 3 heterocycles. The van der Waals surface area contributed by atoms with Gasteiger partial charge in [-0.15, -0.1) is 12.6 Å². The van der Waals surface area contributed by atoms with E-state index < -0.39 is 23.6 Å². The highest BCUT2D eigenvalue weighted by Gasteiger charge is 2.33. The lowest BCUT2D eigenvalue weighted by molar-refractivity contribution is -0.141. The van der Waals surface area contributed by atoms with E-state index in [0.29, 0.717) is 40.4 Å². The summed E-state index contributed by atoms with van der Waals surface area (Å²) in [7, 11) is 1.73. The molecule has 2 aromatic carbocycles. The van der Waals surface area contributed by atoms with E-state index in [-0.39, 0.29) is 16.4 Å². The van der Waals surface area contributed by atoms with Gasteiger partial charge in [-0.25, -0.2) is 9.97 Å². The Balaban J connectivity index is 1.38. The van der Waals surface area contributed by atoms with Gasteiger partial charge >= 0.3 is 12.4 Å². The van der Waals surface area contributed by atoms with Crippen molar-refractivity contribution in [2.75, 3.05) is 5.32 Å². The summed E-state index contributed by atoms with van der Waals surface area (Å²) in [6.07, 6.45) is -6.98. The third kappa shape index (κ3) is 5.11. The molecule has 5 rings (SSSR count). The first-order valence-electron chi connectivity index (χ1n) is 10.8. The topological polar surface area (TPSA) is 80.7 Å². The number of benzene rings is 2. The lowest BCUT2D eigenvalue weighted by Gasteiger charge is -2.12. The molecule has 0 radical (unpaired) electrons. The predicted octanol–water partition coefficient (Wildman–Crippen LogP) is 7.22. The minimum Gasteiger partial charge on any atom is -0.457 e. The number of hydrogen-bond acceptors (Lipinski definition) is 6. The van der Waals surface area contributed by atoms with Crippen molar-refractivity contribution in [1.82, 2.24) is 24.5 Å². The van der Waals surface area contributed by atoms with Crippen LogP contribution in [0.4, 0.5) is 38.0 Å². The second-order valence-corrected chi connectivity index (χ2v) is 8.60. The molecule has 0 spiro atoms. The second-order valence-electron chi connectivity index (χ2n) is 8.12. The van der Waals surface area contributed by atoms with Crippen LogP contribution in [0.2, 0.25) is 0 Å². The fourth-order valence-electron chi connectivity index (χ4n) is 3.62. The Labute approximate surface area is 215 Å². The fourth-order valence-corrected chi connectivity index (χ4v) is 3.89. The molecule has 0 atom stereocenters. The SMILES string of the molecule is Cn1c(Nc2ccc(C(F)(F)F)cc2S)nc2cc(Oc3ccnc(-c4ncc(C(F)(F)F)[nH]4)c3)ccc21. The lowest BCUT2D eigenvalue weighted by atomic mass is 10.2. The zero-order chi connectivity index (χ0) is 27.2. The Morgan fingerprint density at radius 3 is 2.37 bits per heavy atom. The van der Waals surface area contributed by atoms with Crippen molar-refractivity contribution in [3.05, 3.63) is 72.2 Å². The van der Waals surface area contributed by atoms with Gasteiger partial charge in [-0.1, -0.05) is 0 Å². The van der Waals surface area contributed by atoms with Crippen molar-refractivity contribution < 1.29 is 31.1 Å². The number of alkyl halides is 6. The van der Waals surface area contributed by atoms with Crippen molar-refractivity contribution in [3.63, 3.8) is 0 Å². The number of halogens is 6. The zero-order valence-electron chi connectivity index (χ0n) is 19.2. The van der Waals surface area contributed by atoms with Crippen LogP contribution in [0.3, 0.4) is 0 Å². The van der Waals surface area contributed by atoms with Gasteiger partial charge in [-0.3, -0.25) is 4.98 Å². The summed E-state index contributed by atoms with van der Waals surface area (Å²) in [6.45, 7) is 0. The van der Waals surface area contributed by atoms with Crippen molar-refractivity contribution >= 4 is 35.3 Å². The number of thiol groups is 1. The molecule has 5 aromatic rings. The highest BCUT2D eigenvalue weighted by molar-refractivity contribution is 7.80. The van der Waals surface area contributed by atoms with Gasteiger partial charge in [-0.05, 0) is 36.4 Å². The van der Waals surface area contributed by atoms with Crippen LogP contribution < -0.4 is 10.1 Å². The van der Waals surface area contributed by atoms with Gasteiger partial charge in [0.2, 0.25) is 5.95 Å². The number of nitrogens with one attached hydrogen (secondary N) is 2. The van der Waals surface area contributed by atoms with Gasteiger partial charge in [-0.2, -0.15) is 26.3 Å². The molecule has 0 bridgehead atoms. The summed E-state index contributed by atoms with van der Waals surface area (Å²) in [5.74, 6) is 0.986. The number of aromatic nitrogens is 5. The number of fused-ring (bicyclic) bond motifs is 1. The number of pyridine rings is 1. The van der Waals surface area contributed by atoms with Crippen LogP contribution >= 0.6 is 12.6 Å². The Kier molecular flexibility index (Phi) is 6.21. The molecule has 38 heavy (non-hydrogen) atoms. The monoisotopic (exact) mass is 550 g/mol. The standard InChI is InChI=1S/C24H16F6N6OS/c1-36-18-5-3-13(37-14-6-7-31-17(10-14)21-32-11-20(35-21)24(28,29)30)9-16(18)34-22(36)33-15-4-2-12(8-19(15)38)23(25,26)27/h2-11,38H,1H3,(H,32,35)(H,33,34). The average molecular weight is 550 g/mol. The van der Waals surface area contributed by atoms with Gasteiger partial charge in [0.25, 0.3) is 0 Å². The quantitative estimate of drug-likeness (QED) is 0.159. The molecule has 7 nitrogen and oxygen atoms in total. The zero-order valence-corrected chi connectivity index (χ0v) is 20.1. The van der Waals surface area contributed by atoms with E-state index in [4.69, 9.17) is 4.74 Å². The number of nitrogens with zero attached hydrogens (tertiary/aromatic N) is 4. The van der Waals surface area contributed by atoms with Gasteiger partial charge in [0.05, 0.1) is 28.5 Å². The van der Waals surface area contributed by atoms with Crippen LogP contribution in [0, 0.1) is 0 Å². The van der Waals surface area contributed by atoms with E-state index >= 15 is 0 Å². The van der Waals surface area contributed by atoms with Crippen LogP contribution in [-0.2, 0) is 19.4 Å². The minimum atomic E-state index is -4.56. The van der Waals surface area contributed by atoms with E-state index in [1.807, 2.05) is 0 Å². The number of aromatic amines is 1. The first-order valence-corrected chi connectivity index (χ1v) is 11.2. The Bertz CT molecular complexity index is 1640. The molecule has 0 aliphatic rings. The number of H-pyrrole nitrogens is 1. The minimum absolute atomic E-state index is 0.0644. The molecular weight excluding hydrogens is 534 g/mol. The van der Waals surface area contributed by atoms with Gasteiger partial charge in [0.1, 0.15) is 22.9 Å². The highest BCUT2D eigenvalue weighted by atomic mass is 32.1. The molecule has 3 aromatic heterocycles. The maximum Gasteiger partial charge on any atom is 0.432 e. The summed E-state index contributed by atoms with van der Waals surface area (Å²) in [5, 5.41) is 2.98. The molecule has 2 N–H and O–H groups in total. The van der Waals surface area contributed by atoms with E-state index in [2.05, 4.69) is 37.9 Å². The molecule has 0 saturated carbocycles. The first kappa shape index (κ1) is 25.4. The van der Waals surface area contributed by atoms with Crippen molar-refractivity contribution in [2.24, 2.45) is 7.05 Å². The average Bonchev–Trinajstić information content (AvgIpc) is 3.46. The van der Waals surface area contributed by atoms with Crippen LogP contribution in [0.1, 0.15) is 11.3 Å². The molecule has 14 heteroatoms. The molecule has 0 saturated heterocycles. The van der Waals surface area contributed by atoms with Gasteiger partial charge < -0.3 is 19.6 Å². The number of ether oxygens (including phenoxy) is 1. The normalized spacial score (nSPS) is 12.2. The van der Waals surface area contributed by atoms with Gasteiger partial charge in [0, 0.05) is 30.3 Å². The summed E-state index contributed by atoms with van der Waals surface area (Å²) in [4.78, 5) is 14.6. The largest absolute Gasteiger partial charge is 0.457 e. The maximum absolute atomic E-state index is 12.9. The van der Waals surface area contributed by atoms with E-state index in [1.54, 1.807) is 29.8 Å². The van der Waals surface area contributed by atoms with E-state index in [1.165, 1.54) is 24.4 Å². The number of imidazole rings is 2. The summed E-state index contributed by atoms with van der Waals surface area (Å²) >= 11 is 4.16. The summed E-state index contributed by atoms with van der Waals surface area (Å²) in [6, 6.07) is 11.2. The van der Waals surface area contributed by atoms with Crippen LogP contribution in [-0.4, -0.2) is 24.5 Å². The smallest absolute Gasteiger partial charge is 0.432 e. The third-order valence-electron chi connectivity index (χ3n) is 5.51. The van der Waals surface area contributed by atoms with Crippen molar-refractivity contribution in [3.8, 4) is 23.0 Å². The van der Waals surface area contributed by atoms with Gasteiger partial charge in [0.15, 0.2) is 5.82 Å².